The smallest absolute Gasteiger partial charge is 0.407 e. The molecule has 2 unspecified atom stereocenters. The molecule has 5 rings (SSSR count). The molecule has 0 radical (unpaired) electrons. The van der Waals surface area contributed by atoms with Gasteiger partial charge in [0.05, 0.1) is 11.6 Å². The lowest BCUT2D eigenvalue weighted by molar-refractivity contribution is -0.121. The number of nitrogens with one attached hydrogen (secondary N) is 3. The highest BCUT2D eigenvalue weighted by molar-refractivity contribution is 6.05. The second-order valence-electron chi connectivity index (χ2n) is 12.3. The van der Waals surface area contributed by atoms with Gasteiger partial charge in [-0.25, -0.2) is 9.59 Å². The van der Waals surface area contributed by atoms with Gasteiger partial charge in [-0.1, -0.05) is 39.0 Å². The van der Waals surface area contributed by atoms with Crippen molar-refractivity contribution in [3.8, 4) is 5.75 Å². The third-order valence-electron chi connectivity index (χ3n) is 8.30. The maximum absolute atomic E-state index is 13.5. The van der Waals surface area contributed by atoms with Crippen LogP contribution in [0.25, 0.3) is 10.9 Å². The highest BCUT2D eigenvalue weighted by Gasteiger charge is 2.46. The summed E-state index contributed by atoms with van der Waals surface area (Å²) in [5.74, 6) is -0.595. The van der Waals surface area contributed by atoms with Crippen LogP contribution >= 0.6 is 0 Å². The first-order valence-corrected chi connectivity index (χ1v) is 14.4. The van der Waals surface area contributed by atoms with Crippen molar-refractivity contribution in [1.29, 1.82) is 0 Å². The number of nitrogens with zero attached hydrogens (tertiary/aromatic N) is 2. The number of carbonyl (C=O) groups is 4. The number of para-hydroxylation sites is 1. The molecule has 2 aliphatic rings. The lowest BCUT2D eigenvalue weighted by Gasteiger charge is -2.47. The van der Waals surface area contributed by atoms with E-state index in [-0.39, 0.29) is 23.9 Å². The highest BCUT2D eigenvalue weighted by Crippen LogP contribution is 2.37. The molecule has 226 valence electrons. The van der Waals surface area contributed by atoms with Crippen LogP contribution in [0, 0.1) is 18.3 Å². The Morgan fingerprint density at radius 3 is 2.51 bits per heavy atom. The normalized spacial score (nSPS) is 21.2. The van der Waals surface area contributed by atoms with Crippen molar-refractivity contribution < 1.29 is 29.0 Å². The minimum atomic E-state index is -1.000. The lowest BCUT2D eigenvalue weighted by Crippen LogP contribution is -2.60. The second kappa shape index (κ2) is 11.9. The third-order valence-corrected chi connectivity index (χ3v) is 8.30. The maximum atomic E-state index is 13.5. The van der Waals surface area contributed by atoms with Gasteiger partial charge in [-0.2, -0.15) is 0 Å². The van der Waals surface area contributed by atoms with E-state index in [0.717, 1.165) is 22.2 Å². The first kappa shape index (κ1) is 29.8. The number of piperidine rings is 1. The van der Waals surface area contributed by atoms with Gasteiger partial charge in [0.25, 0.3) is 11.8 Å². The highest BCUT2D eigenvalue weighted by atomic mass is 16.5. The van der Waals surface area contributed by atoms with E-state index in [4.69, 9.17) is 4.74 Å². The number of rotatable bonds is 7. The van der Waals surface area contributed by atoms with E-state index in [1.807, 2.05) is 58.0 Å². The first-order valence-electron chi connectivity index (χ1n) is 14.4. The average molecular weight is 588 g/mol. The van der Waals surface area contributed by atoms with Crippen LogP contribution in [0.1, 0.15) is 55.2 Å². The van der Waals surface area contributed by atoms with E-state index in [0.29, 0.717) is 30.8 Å². The average Bonchev–Trinajstić information content (AvgIpc) is 3.30. The van der Waals surface area contributed by atoms with Gasteiger partial charge in [-0.05, 0) is 67.5 Å². The van der Waals surface area contributed by atoms with Crippen molar-refractivity contribution >= 4 is 34.8 Å². The van der Waals surface area contributed by atoms with Gasteiger partial charge >= 0.3 is 12.1 Å². The fourth-order valence-electron chi connectivity index (χ4n) is 6.14. The Hall–Kier alpha value is -4.67. The molecule has 0 saturated carbocycles. The number of hydrogen-bond acceptors (Lipinski definition) is 6. The summed E-state index contributed by atoms with van der Waals surface area (Å²) in [4.78, 5) is 56.1. The number of likely N-dealkylation sites (tertiary alicyclic amines) is 1. The molecule has 4 N–H and O–H groups in total. The summed E-state index contributed by atoms with van der Waals surface area (Å²) in [5.41, 5.74) is 2.80. The monoisotopic (exact) mass is 587 g/mol. The molecule has 43 heavy (non-hydrogen) atoms. The van der Waals surface area contributed by atoms with Gasteiger partial charge in [0.15, 0.2) is 0 Å². The van der Waals surface area contributed by atoms with Crippen molar-refractivity contribution in [2.24, 2.45) is 11.3 Å². The van der Waals surface area contributed by atoms with Gasteiger partial charge in [-0.3, -0.25) is 19.9 Å². The summed E-state index contributed by atoms with van der Waals surface area (Å²) in [6.07, 6.45) is -0.143. The standard InChI is InChI=1S/C32H37N5O6/c1-18-15-21(23-7-5-6-8-24(23)33-18)17-43-22-11-9-19(10-12-22)28(38)34-26(27-29(39)36-30(40)35-27)20-13-14-37(31(41)42)25(16-20)32(2,3)4/h5-12,15,20,25-27H,13-14,16-17H2,1-4H3,(H,34,38)(H,41,42)(H2,35,36,39,40)/t20-,25-,26?,27?/m1/s1. The zero-order valence-corrected chi connectivity index (χ0v) is 24.7. The van der Waals surface area contributed by atoms with Gasteiger partial charge in [0, 0.05) is 34.8 Å². The third kappa shape index (κ3) is 6.55. The molecule has 1 aromatic heterocycles. The molecule has 4 atom stereocenters. The molecule has 2 fully saturated rings. The molecule has 11 nitrogen and oxygen atoms in total. The number of fused-ring (bicyclic) bond motifs is 1. The largest absolute Gasteiger partial charge is 0.489 e. The summed E-state index contributed by atoms with van der Waals surface area (Å²) in [6, 6.07) is 13.9. The predicted octanol–water partition coefficient (Wildman–Crippen LogP) is 4.23. The predicted molar refractivity (Wildman–Crippen MR) is 160 cm³/mol. The molecule has 11 heteroatoms. The summed E-state index contributed by atoms with van der Waals surface area (Å²) in [6.45, 7) is 8.43. The van der Waals surface area contributed by atoms with Crippen molar-refractivity contribution in [3.63, 3.8) is 0 Å². The van der Waals surface area contributed by atoms with Gasteiger partial charge in [0.2, 0.25) is 0 Å². The van der Waals surface area contributed by atoms with Gasteiger partial charge in [-0.15, -0.1) is 0 Å². The Kier molecular flexibility index (Phi) is 8.25. The van der Waals surface area contributed by atoms with Crippen LogP contribution in [0.2, 0.25) is 0 Å². The van der Waals surface area contributed by atoms with E-state index in [1.165, 1.54) is 4.90 Å². The van der Waals surface area contributed by atoms with E-state index in [9.17, 15) is 24.3 Å². The summed E-state index contributed by atoms with van der Waals surface area (Å²) >= 11 is 0. The molecule has 3 heterocycles. The van der Waals surface area contributed by atoms with E-state index >= 15 is 0 Å². The fourth-order valence-corrected chi connectivity index (χ4v) is 6.14. The number of benzene rings is 2. The number of carbonyl (C=O) groups excluding carboxylic acids is 3. The lowest BCUT2D eigenvalue weighted by atomic mass is 9.73. The van der Waals surface area contributed by atoms with Gasteiger partial charge in [0.1, 0.15) is 18.4 Å². The Bertz CT molecular complexity index is 1550. The zero-order valence-electron chi connectivity index (χ0n) is 24.7. The number of aryl methyl sites for hydroxylation is 1. The van der Waals surface area contributed by atoms with E-state index in [1.54, 1.807) is 24.3 Å². The van der Waals surface area contributed by atoms with Crippen LogP contribution in [-0.4, -0.2) is 63.6 Å². The van der Waals surface area contributed by atoms with Crippen molar-refractivity contribution in [2.45, 2.75) is 65.3 Å². The number of imide groups is 1. The SMILES string of the molecule is Cc1cc(COc2ccc(C(=O)NC(C3NC(=O)NC3=O)[C@@H]3CCN(C(=O)O)[C@@H](C(C)(C)C)C3)cc2)c2ccccc2n1. The summed E-state index contributed by atoms with van der Waals surface area (Å²) in [5, 5.41) is 18.7. The number of urea groups is 1. The Morgan fingerprint density at radius 2 is 1.86 bits per heavy atom. The van der Waals surface area contributed by atoms with Crippen LogP contribution in [0.4, 0.5) is 9.59 Å². The minimum absolute atomic E-state index is 0.251. The van der Waals surface area contributed by atoms with Crippen LogP contribution in [0.3, 0.4) is 0 Å². The van der Waals surface area contributed by atoms with Crippen molar-refractivity contribution in [2.75, 3.05) is 6.54 Å². The van der Waals surface area contributed by atoms with Gasteiger partial charge < -0.3 is 25.4 Å². The maximum Gasteiger partial charge on any atom is 0.407 e. The first-order chi connectivity index (χ1) is 20.4. The van der Waals surface area contributed by atoms with E-state index < -0.39 is 36.0 Å². The minimum Gasteiger partial charge on any atom is -0.489 e. The number of aromatic nitrogens is 1. The number of hydrogen-bond donors (Lipinski definition) is 4. The number of pyridine rings is 1. The second-order valence-corrected chi connectivity index (χ2v) is 12.3. The van der Waals surface area contributed by atoms with Crippen LogP contribution in [0.5, 0.6) is 5.75 Å². The molecule has 2 saturated heterocycles. The topological polar surface area (TPSA) is 150 Å². The van der Waals surface area contributed by atoms with Crippen molar-refractivity contribution in [1.82, 2.24) is 25.8 Å². The fraction of sp³-hybridized carbons (Fsp3) is 0.406. The summed E-state index contributed by atoms with van der Waals surface area (Å²) < 4.78 is 6.03. The van der Waals surface area contributed by atoms with Crippen molar-refractivity contribution in [3.05, 3.63) is 71.4 Å². The van der Waals surface area contributed by atoms with Crippen LogP contribution < -0.4 is 20.7 Å². The zero-order chi connectivity index (χ0) is 30.9. The Labute approximate surface area is 250 Å². The molecule has 0 aliphatic carbocycles. The number of ether oxygens (including phenoxy) is 1. The number of carboxylic acid groups (broad SMARTS) is 1. The molecule has 3 aromatic rings. The van der Waals surface area contributed by atoms with Crippen LogP contribution in [-0.2, 0) is 11.4 Å². The molecule has 0 bridgehead atoms. The van der Waals surface area contributed by atoms with E-state index in [2.05, 4.69) is 20.9 Å². The summed E-state index contributed by atoms with van der Waals surface area (Å²) in [7, 11) is 0. The Morgan fingerprint density at radius 1 is 1.14 bits per heavy atom. The van der Waals surface area contributed by atoms with Crippen LogP contribution in [0.15, 0.2) is 54.6 Å². The molecule has 5 amide bonds. The molecule has 2 aromatic carbocycles. The Balaban J connectivity index is 1.31. The molecule has 2 aliphatic heterocycles. The number of amides is 5. The molecular weight excluding hydrogens is 550 g/mol. The molecular formula is C32H37N5O6. The quantitative estimate of drug-likeness (QED) is 0.302. The molecule has 0 spiro atoms.